The lowest BCUT2D eigenvalue weighted by molar-refractivity contribution is -0.139. The van der Waals surface area contributed by atoms with Crippen molar-refractivity contribution in [2.24, 2.45) is 0 Å². The number of carboxylic acids is 1. The maximum Gasteiger partial charge on any atom is 0.305 e. The fourth-order valence-corrected chi connectivity index (χ4v) is 5.21. The third kappa shape index (κ3) is 3.37. The second kappa shape index (κ2) is 7.18. The molecule has 8 nitrogen and oxygen atoms in total. The molecule has 1 unspecified atom stereocenters. The molecule has 1 saturated heterocycles. The molecule has 1 atom stereocenters. The summed E-state index contributed by atoms with van der Waals surface area (Å²) in [5, 5.41) is 13.5. The number of carboxylic acid groups (broad SMARTS) is 1. The number of benzene rings is 1. The average molecular weight is 379 g/mol. The minimum atomic E-state index is -3.90. The van der Waals surface area contributed by atoms with Gasteiger partial charge in [-0.2, -0.15) is 9.40 Å². The Hall–Kier alpha value is -2.23. The summed E-state index contributed by atoms with van der Waals surface area (Å²) in [7, 11) is -3.90. The number of aryl methyl sites for hydroxylation is 1. The Labute approximate surface area is 152 Å². The van der Waals surface area contributed by atoms with E-state index in [0.717, 1.165) is 5.69 Å². The van der Waals surface area contributed by atoms with E-state index in [4.69, 9.17) is 9.84 Å². The SMILES string of the molecule is Cc1nn(-c2ccccc2)c(C)c1S(=O)(=O)N1CCOCC1CC(=O)O. The largest absolute Gasteiger partial charge is 0.481 e. The number of ether oxygens (including phenoxy) is 1. The molecule has 3 rings (SSSR count). The van der Waals surface area contributed by atoms with E-state index in [0.29, 0.717) is 11.4 Å². The summed E-state index contributed by atoms with van der Waals surface area (Å²) in [6.07, 6.45) is -0.301. The highest BCUT2D eigenvalue weighted by Crippen LogP contribution is 2.28. The minimum absolute atomic E-state index is 0.0659. The Bertz CT molecular complexity index is 908. The molecule has 0 aliphatic carbocycles. The molecule has 9 heteroatoms. The van der Waals surface area contributed by atoms with E-state index in [2.05, 4.69) is 5.10 Å². The molecule has 140 valence electrons. The Morgan fingerprint density at radius 3 is 2.65 bits per heavy atom. The Kier molecular flexibility index (Phi) is 5.12. The third-order valence-corrected chi connectivity index (χ3v) is 6.58. The summed E-state index contributed by atoms with van der Waals surface area (Å²) in [6.45, 7) is 3.77. The van der Waals surface area contributed by atoms with Gasteiger partial charge in [0, 0.05) is 6.54 Å². The summed E-state index contributed by atoms with van der Waals surface area (Å²) in [4.78, 5) is 11.2. The van der Waals surface area contributed by atoms with Crippen molar-refractivity contribution in [1.82, 2.24) is 14.1 Å². The lowest BCUT2D eigenvalue weighted by atomic mass is 10.2. The number of nitrogens with zero attached hydrogens (tertiary/aromatic N) is 3. The highest BCUT2D eigenvalue weighted by Gasteiger charge is 2.38. The zero-order valence-electron chi connectivity index (χ0n) is 14.6. The number of hydrogen-bond acceptors (Lipinski definition) is 5. The van der Waals surface area contributed by atoms with Crippen LogP contribution in [0.2, 0.25) is 0 Å². The van der Waals surface area contributed by atoms with Crippen LogP contribution in [0.25, 0.3) is 5.69 Å². The molecule has 0 radical (unpaired) electrons. The Balaban J connectivity index is 2.04. The van der Waals surface area contributed by atoms with E-state index in [1.165, 1.54) is 4.31 Å². The second-order valence-electron chi connectivity index (χ2n) is 6.19. The summed E-state index contributed by atoms with van der Waals surface area (Å²) >= 11 is 0. The van der Waals surface area contributed by atoms with Crippen LogP contribution >= 0.6 is 0 Å². The van der Waals surface area contributed by atoms with E-state index >= 15 is 0 Å². The predicted octanol–water partition coefficient (Wildman–Crippen LogP) is 1.35. The fourth-order valence-electron chi connectivity index (χ4n) is 3.26. The molecule has 1 N–H and O–H groups in total. The highest BCUT2D eigenvalue weighted by atomic mass is 32.2. The molecule has 1 aliphatic rings. The van der Waals surface area contributed by atoms with Crippen molar-refractivity contribution < 1.29 is 23.1 Å². The topological polar surface area (TPSA) is 102 Å². The van der Waals surface area contributed by atoms with E-state index < -0.39 is 22.0 Å². The van der Waals surface area contributed by atoms with Crippen molar-refractivity contribution in [2.45, 2.75) is 31.2 Å². The van der Waals surface area contributed by atoms with Gasteiger partial charge in [-0.25, -0.2) is 13.1 Å². The van der Waals surface area contributed by atoms with Gasteiger partial charge in [0.15, 0.2) is 0 Å². The Morgan fingerprint density at radius 1 is 1.31 bits per heavy atom. The van der Waals surface area contributed by atoms with Crippen molar-refractivity contribution in [2.75, 3.05) is 19.8 Å². The first-order chi connectivity index (χ1) is 12.3. The van der Waals surface area contributed by atoms with Gasteiger partial charge in [0.25, 0.3) is 0 Å². The maximum atomic E-state index is 13.3. The molecule has 0 spiro atoms. The minimum Gasteiger partial charge on any atom is -0.481 e. The molecule has 1 aromatic heterocycles. The Morgan fingerprint density at radius 2 is 2.00 bits per heavy atom. The van der Waals surface area contributed by atoms with Crippen LogP contribution in [-0.4, -0.2) is 59.4 Å². The first-order valence-electron chi connectivity index (χ1n) is 8.25. The van der Waals surface area contributed by atoms with Gasteiger partial charge < -0.3 is 9.84 Å². The van der Waals surface area contributed by atoms with Crippen molar-refractivity contribution in [3.05, 3.63) is 41.7 Å². The molecule has 1 aliphatic heterocycles. The number of aromatic nitrogens is 2. The highest BCUT2D eigenvalue weighted by molar-refractivity contribution is 7.89. The smallest absolute Gasteiger partial charge is 0.305 e. The van der Waals surface area contributed by atoms with E-state index in [-0.39, 0.29) is 31.1 Å². The summed E-state index contributed by atoms with van der Waals surface area (Å²) in [5.74, 6) is -1.06. The van der Waals surface area contributed by atoms with Crippen molar-refractivity contribution in [3.63, 3.8) is 0 Å². The number of para-hydroxylation sites is 1. The standard InChI is InChI=1S/C17H21N3O5S/c1-12-17(13(2)20(18-12)14-6-4-3-5-7-14)26(23,24)19-8-9-25-11-15(19)10-16(21)22/h3-7,15H,8-11H2,1-2H3,(H,21,22). The van der Waals surface area contributed by atoms with E-state index in [1.54, 1.807) is 18.5 Å². The van der Waals surface area contributed by atoms with Crippen LogP contribution < -0.4 is 0 Å². The average Bonchev–Trinajstić information content (AvgIpc) is 2.90. The van der Waals surface area contributed by atoms with Gasteiger partial charge in [0.1, 0.15) is 4.90 Å². The van der Waals surface area contributed by atoms with Gasteiger partial charge in [-0.1, -0.05) is 18.2 Å². The van der Waals surface area contributed by atoms with Crippen LogP contribution in [0.4, 0.5) is 0 Å². The second-order valence-corrected chi connectivity index (χ2v) is 8.02. The van der Waals surface area contributed by atoms with E-state index in [1.807, 2.05) is 30.3 Å². The summed E-state index contributed by atoms with van der Waals surface area (Å²) in [5.41, 5.74) is 1.64. The summed E-state index contributed by atoms with van der Waals surface area (Å²) in [6, 6.07) is 8.53. The van der Waals surface area contributed by atoms with Crippen LogP contribution in [0.15, 0.2) is 35.2 Å². The summed E-state index contributed by atoms with van der Waals surface area (Å²) < 4.78 is 34.7. The molecule has 0 bridgehead atoms. The fraction of sp³-hybridized carbons (Fsp3) is 0.412. The first kappa shape index (κ1) is 18.6. The molecule has 0 saturated carbocycles. The first-order valence-corrected chi connectivity index (χ1v) is 9.69. The third-order valence-electron chi connectivity index (χ3n) is 4.38. The van der Waals surface area contributed by atoms with Crippen molar-refractivity contribution in [3.8, 4) is 5.69 Å². The predicted molar refractivity (Wildman–Crippen MR) is 93.8 cm³/mol. The van der Waals surface area contributed by atoms with Gasteiger partial charge in [0.05, 0.1) is 42.8 Å². The van der Waals surface area contributed by atoms with Crippen LogP contribution in [-0.2, 0) is 19.6 Å². The van der Waals surface area contributed by atoms with Gasteiger partial charge >= 0.3 is 5.97 Å². The molecular formula is C17H21N3O5S. The molecule has 1 aromatic carbocycles. The number of hydrogen-bond donors (Lipinski definition) is 1. The zero-order chi connectivity index (χ0) is 18.9. The number of morpholine rings is 1. The molecule has 1 fully saturated rings. The van der Waals surface area contributed by atoms with Gasteiger partial charge in [-0.05, 0) is 26.0 Å². The zero-order valence-corrected chi connectivity index (χ0v) is 15.4. The van der Waals surface area contributed by atoms with Crippen LogP contribution in [0.3, 0.4) is 0 Å². The number of rotatable bonds is 5. The van der Waals surface area contributed by atoms with Crippen molar-refractivity contribution in [1.29, 1.82) is 0 Å². The molecule has 2 heterocycles. The van der Waals surface area contributed by atoms with Crippen LogP contribution in [0.5, 0.6) is 0 Å². The number of carbonyl (C=O) groups is 1. The molecular weight excluding hydrogens is 358 g/mol. The van der Waals surface area contributed by atoms with Gasteiger partial charge in [-0.15, -0.1) is 0 Å². The van der Waals surface area contributed by atoms with Crippen molar-refractivity contribution >= 4 is 16.0 Å². The van der Waals surface area contributed by atoms with Crippen LogP contribution in [0.1, 0.15) is 17.8 Å². The van der Waals surface area contributed by atoms with E-state index in [9.17, 15) is 13.2 Å². The molecule has 0 amide bonds. The lowest BCUT2D eigenvalue weighted by Gasteiger charge is -2.33. The maximum absolute atomic E-state index is 13.3. The molecule has 2 aromatic rings. The number of sulfonamides is 1. The monoisotopic (exact) mass is 379 g/mol. The molecule has 26 heavy (non-hydrogen) atoms. The lowest BCUT2D eigenvalue weighted by Crippen LogP contribution is -2.49. The quantitative estimate of drug-likeness (QED) is 0.841. The van der Waals surface area contributed by atoms with Gasteiger partial charge in [0.2, 0.25) is 10.0 Å². The van der Waals surface area contributed by atoms with Gasteiger partial charge in [-0.3, -0.25) is 4.79 Å². The number of aliphatic carboxylic acids is 1. The van der Waals surface area contributed by atoms with Crippen LogP contribution in [0, 0.1) is 13.8 Å². The normalized spacial score (nSPS) is 18.8.